The molecule has 0 unspecified atom stereocenters. The molecule has 0 aliphatic carbocycles. The first kappa shape index (κ1) is 24.3. The zero-order valence-corrected chi connectivity index (χ0v) is 20.7. The fourth-order valence-corrected chi connectivity index (χ4v) is 5.17. The summed E-state index contributed by atoms with van der Waals surface area (Å²) < 4.78 is 11.8. The molecule has 4 aromatic rings. The first-order valence-corrected chi connectivity index (χ1v) is 12.4. The standard InChI is InChI=1S/C32H29NO4/c1-33-28-20-12-11-19-27(28)21-32(29(33)26-17-9-4-10-18-26,30(34)36-22-24-13-5-2-6-14-24)31(35)37-23-25-15-7-3-8-16-25/h2-20,29H,21-23H2,1H3/t29-/m1/s1. The van der Waals surface area contributed by atoms with Crippen molar-refractivity contribution in [3.63, 3.8) is 0 Å². The van der Waals surface area contributed by atoms with E-state index in [1.807, 2.05) is 127 Å². The Labute approximate surface area is 217 Å². The summed E-state index contributed by atoms with van der Waals surface area (Å²) in [4.78, 5) is 30.3. The molecular weight excluding hydrogens is 462 g/mol. The number of carbonyl (C=O) groups excluding carboxylic acids is 2. The number of ether oxygens (including phenoxy) is 2. The molecule has 0 N–H and O–H groups in total. The van der Waals surface area contributed by atoms with Gasteiger partial charge in [0.2, 0.25) is 0 Å². The van der Waals surface area contributed by atoms with E-state index in [9.17, 15) is 9.59 Å². The Morgan fingerprint density at radius 1 is 0.703 bits per heavy atom. The van der Waals surface area contributed by atoms with Crippen LogP contribution in [0.25, 0.3) is 0 Å². The molecule has 0 amide bonds. The lowest BCUT2D eigenvalue weighted by Crippen LogP contribution is -2.55. The smallest absolute Gasteiger partial charge is 0.326 e. The van der Waals surface area contributed by atoms with Gasteiger partial charge in [0, 0.05) is 19.2 Å². The first-order valence-electron chi connectivity index (χ1n) is 12.4. The highest BCUT2D eigenvalue weighted by atomic mass is 16.6. The molecule has 0 spiro atoms. The van der Waals surface area contributed by atoms with E-state index in [0.29, 0.717) is 0 Å². The Kier molecular flexibility index (Phi) is 7.04. The van der Waals surface area contributed by atoms with Crippen molar-refractivity contribution >= 4 is 17.6 Å². The fraction of sp³-hybridized carbons (Fsp3) is 0.188. The van der Waals surface area contributed by atoms with Crippen LogP contribution in [-0.2, 0) is 38.7 Å². The van der Waals surface area contributed by atoms with Gasteiger partial charge >= 0.3 is 11.9 Å². The second kappa shape index (κ2) is 10.7. The lowest BCUT2D eigenvalue weighted by Gasteiger charge is -2.47. The second-order valence-electron chi connectivity index (χ2n) is 9.32. The normalized spacial score (nSPS) is 15.9. The first-order chi connectivity index (χ1) is 18.1. The highest BCUT2D eigenvalue weighted by Gasteiger charge is 2.59. The Morgan fingerprint density at radius 3 is 1.70 bits per heavy atom. The van der Waals surface area contributed by atoms with Crippen LogP contribution in [0.15, 0.2) is 115 Å². The number of para-hydroxylation sites is 1. The number of rotatable bonds is 7. The molecule has 1 atom stereocenters. The molecule has 0 saturated carbocycles. The average molecular weight is 492 g/mol. The Morgan fingerprint density at radius 2 is 1.16 bits per heavy atom. The summed E-state index contributed by atoms with van der Waals surface area (Å²) in [6.07, 6.45) is 0.175. The highest BCUT2D eigenvalue weighted by molar-refractivity contribution is 6.03. The molecule has 186 valence electrons. The van der Waals surface area contributed by atoms with E-state index >= 15 is 0 Å². The molecule has 0 saturated heterocycles. The zero-order chi connectivity index (χ0) is 25.7. The molecule has 37 heavy (non-hydrogen) atoms. The van der Waals surface area contributed by atoms with Crippen LogP contribution in [0.5, 0.6) is 0 Å². The Hall–Kier alpha value is -4.38. The van der Waals surface area contributed by atoms with Gasteiger partial charge in [-0.15, -0.1) is 0 Å². The number of anilines is 1. The molecule has 4 aromatic carbocycles. The van der Waals surface area contributed by atoms with Crippen LogP contribution < -0.4 is 4.90 Å². The van der Waals surface area contributed by atoms with Gasteiger partial charge in [0.1, 0.15) is 13.2 Å². The number of benzene rings is 4. The van der Waals surface area contributed by atoms with E-state index < -0.39 is 23.4 Å². The number of esters is 2. The third-order valence-corrected chi connectivity index (χ3v) is 6.96. The van der Waals surface area contributed by atoms with Crippen LogP contribution >= 0.6 is 0 Å². The average Bonchev–Trinajstić information content (AvgIpc) is 2.96. The van der Waals surface area contributed by atoms with Gasteiger partial charge in [-0.25, -0.2) is 0 Å². The summed E-state index contributed by atoms with van der Waals surface area (Å²) in [5.74, 6) is -1.19. The van der Waals surface area contributed by atoms with E-state index in [1.54, 1.807) is 0 Å². The van der Waals surface area contributed by atoms with Crippen molar-refractivity contribution in [2.75, 3.05) is 11.9 Å². The van der Waals surface area contributed by atoms with E-state index in [1.165, 1.54) is 0 Å². The molecule has 5 rings (SSSR count). The quantitative estimate of drug-likeness (QED) is 0.238. The van der Waals surface area contributed by atoms with Crippen molar-refractivity contribution in [2.24, 2.45) is 5.41 Å². The van der Waals surface area contributed by atoms with Gasteiger partial charge < -0.3 is 14.4 Å². The monoisotopic (exact) mass is 491 g/mol. The number of hydrogen-bond acceptors (Lipinski definition) is 5. The van der Waals surface area contributed by atoms with Gasteiger partial charge in [-0.1, -0.05) is 109 Å². The van der Waals surface area contributed by atoms with Gasteiger partial charge in [-0.05, 0) is 28.3 Å². The second-order valence-corrected chi connectivity index (χ2v) is 9.32. The van der Waals surface area contributed by atoms with Gasteiger partial charge in [0.15, 0.2) is 5.41 Å². The summed E-state index contributed by atoms with van der Waals surface area (Å²) >= 11 is 0. The van der Waals surface area contributed by atoms with Crippen LogP contribution in [0, 0.1) is 5.41 Å². The maximum absolute atomic E-state index is 14.1. The van der Waals surface area contributed by atoms with Crippen LogP contribution in [0.2, 0.25) is 0 Å². The third kappa shape index (κ3) is 4.85. The van der Waals surface area contributed by atoms with Gasteiger partial charge in [0.05, 0.1) is 6.04 Å². The molecule has 5 heteroatoms. The molecule has 1 heterocycles. The van der Waals surface area contributed by atoms with Crippen molar-refractivity contribution in [3.05, 3.63) is 138 Å². The van der Waals surface area contributed by atoms with Crippen molar-refractivity contribution in [1.82, 2.24) is 0 Å². The molecular formula is C32H29NO4. The van der Waals surface area contributed by atoms with Gasteiger partial charge in [0.25, 0.3) is 0 Å². The number of fused-ring (bicyclic) bond motifs is 1. The number of hydrogen-bond donors (Lipinski definition) is 0. The highest BCUT2D eigenvalue weighted by Crippen LogP contribution is 2.50. The van der Waals surface area contributed by atoms with E-state index in [-0.39, 0.29) is 19.6 Å². The zero-order valence-electron chi connectivity index (χ0n) is 20.7. The van der Waals surface area contributed by atoms with Crippen molar-refractivity contribution < 1.29 is 19.1 Å². The van der Waals surface area contributed by atoms with Crippen LogP contribution in [0.4, 0.5) is 5.69 Å². The van der Waals surface area contributed by atoms with E-state index in [2.05, 4.69) is 0 Å². The van der Waals surface area contributed by atoms with Crippen molar-refractivity contribution in [1.29, 1.82) is 0 Å². The summed E-state index contributed by atoms with van der Waals surface area (Å²) in [6.45, 7) is 0.139. The molecule has 1 aliphatic heterocycles. The van der Waals surface area contributed by atoms with E-state index in [0.717, 1.165) is 27.9 Å². The predicted octanol–water partition coefficient (Wildman–Crippen LogP) is 5.89. The molecule has 1 aliphatic rings. The minimum atomic E-state index is -1.60. The van der Waals surface area contributed by atoms with Crippen LogP contribution in [-0.4, -0.2) is 19.0 Å². The van der Waals surface area contributed by atoms with Gasteiger partial charge in [-0.2, -0.15) is 0 Å². The number of carbonyl (C=O) groups is 2. The molecule has 0 radical (unpaired) electrons. The molecule has 0 fully saturated rings. The van der Waals surface area contributed by atoms with Crippen molar-refractivity contribution in [2.45, 2.75) is 25.7 Å². The lowest BCUT2D eigenvalue weighted by atomic mass is 9.68. The Bertz CT molecular complexity index is 1300. The largest absolute Gasteiger partial charge is 0.460 e. The number of nitrogens with zero attached hydrogens (tertiary/aromatic N) is 1. The maximum Gasteiger partial charge on any atom is 0.326 e. The third-order valence-electron chi connectivity index (χ3n) is 6.96. The SMILES string of the molecule is CN1c2ccccc2CC(C(=O)OCc2ccccc2)(C(=O)OCc2ccccc2)[C@H]1c1ccccc1. The predicted molar refractivity (Wildman–Crippen MR) is 143 cm³/mol. The summed E-state index contributed by atoms with van der Waals surface area (Å²) in [5.41, 5.74) is 2.81. The fourth-order valence-electron chi connectivity index (χ4n) is 5.17. The van der Waals surface area contributed by atoms with E-state index in [4.69, 9.17) is 9.47 Å². The lowest BCUT2D eigenvalue weighted by molar-refractivity contribution is -0.177. The van der Waals surface area contributed by atoms with Crippen LogP contribution in [0.1, 0.15) is 28.3 Å². The summed E-state index contributed by atoms with van der Waals surface area (Å²) in [6, 6.07) is 35.8. The minimum Gasteiger partial charge on any atom is -0.460 e. The molecule has 5 nitrogen and oxygen atoms in total. The molecule has 0 bridgehead atoms. The van der Waals surface area contributed by atoms with Gasteiger partial charge in [-0.3, -0.25) is 9.59 Å². The summed E-state index contributed by atoms with van der Waals surface area (Å²) in [5, 5.41) is 0. The topological polar surface area (TPSA) is 55.8 Å². The summed E-state index contributed by atoms with van der Waals surface area (Å²) in [7, 11) is 1.92. The maximum atomic E-state index is 14.1. The molecule has 0 aromatic heterocycles. The van der Waals surface area contributed by atoms with Crippen LogP contribution in [0.3, 0.4) is 0 Å². The minimum absolute atomic E-state index is 0.0697. The Balaban J connectivity index is 1.58. The van der Waals surface area contributed by atoms with Crippen molar-refractivity contribution in [3.8, 4) is 0 Å².